The van der Waals surface area contributed by atoms with E-state index in [4.69, 9.17) is 4.74 Å². The van der Waals surface area contributed by atoms with Gasteiger partial charge in [0.2, 0.25) is 5.91 Å². The van der Waals surface area contributed by atoms with Crippen LogP contribution in [-0.4, -0.2) is 55.2 Å². The molecule has 4 rings (SSSR count). The SMILES string of the molecule is CC(C)NCc1ccc(CCC(=O)NCCN2CCC(OC(=O)Nc3ccccc3-c3ccccc3)CC2)cc1. The van der Waals surface area contributed by atoms with Gasteiger partial charge in [0, 0.05) is 50.7 Å². The van der Waals surface area contributed by atoms with E-state index in [1.807, 2.05) is 54.6 Å². The molecule has 1 fully saturated rings. The summed E-state index contributed by atoms with van der Waals surface area (Å²) in [6.45, 7) is 8.24. The lowest BCUT2D eigenvalue weighted by Crippen LogP contribution is -2.42. The van der Waals surface area contributed by atoms with Gasteiger partial charge in [0.25, 0.3) is 0 Å². The summed E-state index contributed by atoms with van der Waals surface area (Å²) in [5.74, 6) is 0.0798. The largest absolute Gasteiger partial charge is 0.446 e. The summed E-state index contributed by atoms with van der Waals surface area (Å²) in [6, 6.07) is 26.7. The van der Waals surface area contributed by atoms with Crippen LogP contribution >= 0.6 is 0 Å². The zero-order valence-electron chi connectivity index (χ0n) is 23.7. The van der Waals surface area contributed by atoms with Crippen LogP contribution in [0.4, 0.5) is 10.5 Å². The van der Waals surface area contributed by atoms with Gasteiger partial charge in [-0.1, -0.05) is 86.6 Å². The predicted molar refractivity (Wildman–Crippen MR) is 161 cm³/mol. The van der Waals surface area contributed by atoms with Crippen LogP contribution in [0.5, 0.6) is 0 Å². The summed E-state index contributed by atoms with van der Waals surface area (Å²) in [5.41, 5.74) is 5.18. The molecule has 0 aromatic heterocycles. The molecule has 0 atom stereocenters. The maximum Gasteiger partial charge on any atom is 0.411 e. The van der Waals surface area contributed by atoms with Crippen LogP contribution < -0.4 is 16.0 Å². The summed E-state index contributed by atoms with van der Waals surface area (Å²) in [6.07, 6.45) is 2.26. The molecule has 40 heavy (non-hydrogen) atoms. The van der Waals surface area contributed by atoms with Crippen LogP contribution in [0.3, 0.4) is 0 Å². The standard InChI is InChI=1S/C33H42N4O3/c1-25(2)35-24-27-14-12-26(13-15-27)16-17-32(38)34-20-23-37-21-18-29(19-22-37)40-33(39)36-31-11-7-6-10-30(31)28-8-4-3-5-9-28/h3-15,25,29,35H,16-24H2,1-2H3,(H,34,38)(H,36,39). The van der Waals surface area contributed by atoms with Crippen molar-refractivity contribution in [2.75, 3.05) is 31.5 Å². The molecule has 1 aliphatic rings. The fourth-order valence-corrected chi connectivity index (χ4v) is 4.85. The number of nitrogens with one attached hydrogen (secondary N) is 3. The number of nitrogens with zero attached hydrogens (tertiary/aromatic N) is 1. The van der Waals surface area contributed by atoms with Gasteiger partial charge < -0.3 is 20.3 Å². The van der Waals surface area contributed by atoms with Crippen molar-refractivity contribution >= 4 is 17.7 Å². The Hall–Kier alpha value is -3.68. The second kappa shape index (κ2) is 15.2. The number of benzene rings is 3. The fraction of sp³-hybridized carbons (Fsp3) is 0.394. The number of carbonyl (C=O) groups excluding carboxylic acids is 2. The number of rotatable bonds is 12. The molecule has 1 heterocycles. The van der Waals surface area contributed by atoms with E-state index in [0.29, 0.717) is 19.0 Å². The first-order valence-corrected chi connectivity index (χ1v) is 14.4. The highest BCUT2D eigenvalue weighted by molar-refractivity contribution is 5.91. The molecule has 0 aliphatic carbocycles. The second-order valence-corrected chi connectivity index (χ2v) is 10.7. The molecule has 0 radical (unpaired) electrons. The first-order chi connectivity index (χ1) is 19.5. The van der Waals surface area contributed by atoms with Crippen LogP contribution in [0.25, 0.3) is 11.1 Å². The molecule has 0 bridgehead atoms. The molecule has 7 nitrogen and oxygen atoms in total. The Bertz CT molecular complexity index is 1210. The Morgan fingerprint density at radius 1 is 0.900 bits per heavy atom. The van der Waals surface area contributed by atoms with Crippen LogP contribution in [-0.2, 0) is 22.5 Å². The number of likely N-dealkylation sites (tertiary alicyclic amines) is 1. The zero-order chi connectivity index (χ0) is 28.2. The fourth-order valence-electron chi connectivity index (χ4n) is 4.85. The Labute approximate surface area is 238 Å². The summed E-state index contributed by atoms with van der Waals surface area (Å²) in [7, 11) is 0. The molecule has 3 aromatic carbocycles. The normalized spacial score (nSPS) is 14.2. The van der Waals surface area contributed by atoms with Crippen molar-refractivity contribution in [3.63, 3.8) is 0 Å². The summed E-state index contributed by atoms with van der Waals surface area (Å²) in [5, 5.41) is 9.39. The Morgan fingerprint density at radius 2 is 1.57 bits per heavy atom. The third-order valence-electron chi connectivity index (χ3n) is 7.19. The summed E-state index contributed by atoms with van der Waals surface area (Å²) >= 11 is 0. The van der Waals surface area contributed by atoms with Crippen LogP contribution in [0, 0.1) is 0 Å². The van der Waals surface area contributed by atoms with Crippen LogP contribution in [0.2, 0.25) is 0 Å². The average Bonchev–Trinajstić information content (AvgIpc) is 2.97. The van der Waals surface area contributed by atoms with E-state index < -0.39 is 6.09 Å². The molecule has 3 aromatic rings. The first kappa shape index (κ1) is 29.3. The molecule has 0 saturated carbocycles. The van der Waals surface area contributed by atoms with E-state index in [9.17, 15) is 9.59 Å². The van der Waals surface area contributed by atoms with Gasteiger partial charge in [-0.2, -0.15) is 0 Å². The monoisotopic (exact) mass is 542 g/mol. The molecular weight excluding hydrogens is 500 g/mol. The van der Waals surface area contributed by atoms with Crippen LogP contribution in [0.1, 0.15) is 44.2 Å². The number of ether oxygens (including phenoxy) is 1. The predicted octanol–water partition coefficient (Wildman–Crippen LogP) is 5.61. The number of aryl methyl sites for hydroxylation is 1. The molecule has 3 N–H and O–H groups in total. The van der Waals surface area contributed by atoms with E-state index in [1.165, 1.54) is 11.1 Å². The Kier molecular flexibility index (Phi) is 11.1. The van der Waals surface area contributed by atoms with Gasteiger partial charge in [-0.25, -0.2) is 4.79 Å². The lowest BCUT2D eigenvalue weighted by Gasteiger charge is -2.31. The zero-order valence-corrected chi connectivity index (χ0v) is 23.7. The Balaban J connectivity index is 1.10. The second-order valence-electron chi connectivity index (χ2n) is 10.7. The molecule has 212 valence electrons. The van der Waals surface area contributed by atoms with Crippen molar-refractivity contribution in [2.24, 2.45) is 0 Å². The van der Waals surface area contributed by atoms with Crippen molar-refractivity contribution in [1.29, 1.82) is 0 Å². The smallest absolute Gasteiger partial charge is 0.411 e. The third-order valence-corrected chi connectivity index (χ3v) is 7.19. The number of carbonyl (C=O) groups is 2. The van der Waals surface area contributed by atoms with E-state index in [-0.39, 0.29) is 12.0 Å². The van der Waals surface area contributed by atoms with Gasteiger partial charge in [0.15, 0.2) is 0 Å². The first-order valence-electron chi connectivity index (χ1n) is 14.4. The van der Waals surface area contributed by atoms with Crippen molar-refractivity contribution in [3.8, 4) is 11.1 Å². The number of para-hydroxylation sites is 1. The number of hydrogen-bond donors (Lipinski definition) is 3. The van der Waals surface area contributed by atoms with Crippen molar-refractivity contribution < 1.29 is 14.3 Å². The topological polar surface area (TPSA) is 82.7 Å². The number of hydrogen-bond acceptors (Lipinski definition) is 5. The lowest BCUT2D eigenvalue weighted by atomic mass is 10.0. The number of anilines is 1. The lowest BCUT2D eigenvalue weighted by molar-refractivity contribution is -0.121. The third kappa shape index (κ3) is 9.50. The number of amides is 2. The van der Waals surface area contributed by atoms with Gasteiger partial charge in [-0.3, -0.25) is 10.1 Å². The highest BCUT2D eigenvalue weighted by atomic mass is 16.6. The summed E-state index contributed by atoms with van der Waals surface area (Å²) in [4.78, 5) is 27.3. The number of piperidine rings is 1. The highest BCUT2D eigenvalue weighted by Gasteiger charge is 2.22. The van der Waals surface area contributed by atoms with Gasteiger partial charge in [0.05, 0.1) is 5.69 Å². The minimum atomic E-state index is -0.420. The maximum atomic E-state index is 12.6. The van der Waals surface area contributed by atoms with E-state index >= 15 is 0 Å². The average molecular weight is 543 g/mol. The Morgan fingerprint density at radius 3 is 2.30 bits per heavy atom. The molecular formula is C33H42N4O3. The van der Waals surface area contributed by atoms with Gasteiger partial charge in [0.1, 0.15) is 6.10 Å². The summed E-state index contributed by atoms with van der Waals surface area (Å²) < 4.78 is 5.73. The molecule has 1 aliphatic heterocycles. The van der Waals surface area contributed by atoms with Gasteiger partial charge in [-0.15, -0.1) is 0 Å². The molecule has 7 heteroatoms. The minimum absolute atomic E-state index is 0.0798. The van der Waals surface area contributed by atoms with E-state index in [0.717, 1.165) is 62.3 Å². The van der Waals surface area contributed by atoms with Crippen LogP contribution in [0.15, 0.2) is 78.9 Å². The quantitative estimate of drug-likeness (QED) is 0.277. The van der Waals surface area contributed by atoms with E-state index in [1.54, 1.807) is 0 Å². The highest BCUT2D eigenvalue weighted by Crippen LogP contribution is 2.28. The molecule has 0 spiro atoms. The molecule has 1 saturated heterocycles. The molecule has 0 unspecified atom stereocenters. The minimum Gasteiger partial charge on any atom is -0.446 e. The van der Waals surface area contributed by atoms with Crippen molar-refractivity contribution in [1.82, 2.24) is 15.5 Å². The van der Waals surface area contributed by atoms with Crippen molar-refractivity contribution in [3.05, 3.63) is 90.0 Å². The molecule has 2 amide bonds. The van der Waals surface area contributed by atoms with Gasteiger partial charge in [-0.05, 0) is 42.0 Å². The van der Waals surface area contributed by atoms with Gasteiger partial charge >= 0.3 is 6.09 Å². The van der Waals surface area contributed by atoms with Crippen molar-refractivity contribution in [2.45, 2.75) is 58.2 Å². The van der Waals surface area contributed by atoms with E-state index in [2.05, 4.69) is 59.0 Å². The maximum absolute atomic E-state index is 12.6.